The average molecular weight is 442 g/mol. The maximum atomic E-state index is 12.7. The number of sulfonamides is 1. The number of nitrogens with zero attached hydrogens (tertiary/aromatic N) is 1. The van der Waals surface area contributed by atoms with Crippen LogP contribution in [0.5, 0.6) is 17.2 Å². The molecule has 0 aliphatic carbocycles. The molecule has 0 amide bonds. The highest BCUT2D eigenvalue weighted by atomic mass is 32.2. The smallest absolute Gasteiger partial charge is 0.387 e. The molecule has 162 valence electrons. The van der Waals surface area contributed by atoms with Gasteiger partial charge in [-0.3, -0.25) is 4.99 Å². The van der Waals surface area contributed by atoms with Gasteiger partial charge in [-0.05, 0) is 23.8 Å². The fourth-order valence-electron chi connectivity index (χ4n) is 2.73. The number of guanidine groups is 1. The zero-order valence-corrected chi connectivity index (χ0v) is 16.7. The van der Waals surface area contributed by atoms with Crippen molar-refractivity contribution in [1.29, 1.82) is 0 Å². The minimum Gasteiger partial charge on any atom is -0.454 e. The van der Waals surface area contributed by atoms with Crippen LogP contribution in [-0.4, -0.2) is 34.8 Å². The largest absolute Gasteiger partial charge is 0.454 e. The van der Waals surface area contributed by atoms with Crippen molar-refractivity contribution in [3.05, 3.63) is 47.5 Å². The fourth-order valence-corrected chi connectivity index (χ4v) is 3.31. The Hall–Kier alpha value is -3.12. The molecule has 0 radical (unpaired) electrons. The molecule has 3 rings (SSSR count). The highest BCUT2D eigenvalue weighted by molar-refractivity contribution is 7.89. The molecule has 12 heteroatoms. The Morgan fingerprint density at radius 1 is 1.20 bits per heavy atom. The Balaban J connectivity index is 1.66. The predicted molar refractivity (Wildman–Crippen MR) is 104 cm³/mol. The van der Waals surface area contributed by atoms with E-state index in [1.165, 1.54) is 25.2 Å². The number of primary sulfonamides is 1. The molecular formula is C18H20F2N4O5S. The average Bonchev–Trinajstić information content (AvgIpc) is 3.14. The summed E-state index contributed by atoms with van der Waals surface area (Å²) in [6.07, 6.45) is 0. The second kappa shape index (κ2) is 9.13. The molecule has 0 fully saturated rings. The summed E-state index contributed by atoms with van der Waals surface area (Å²) in [7, 11) is -2.27. The van der Waals surface area contributed by atoms with Gasteiger partial charge in [0.05, 0.1) is 4.90 Å². The molecule has 1 aliphatic rings. The third-order valence-electron chi connectivity index (χ3n) is 4.13. The normalized spacial score (nSPS) is 13.4. The minimum atomic E-state index is -3.81. The zero-order chi connectivity index (χ0) is 21.7. The van der Waals surface area contributed by atoms with Gasteiger partial charge in [-0.2, -0.15) is 8.78 Å². The summed E-state index contributed by atoms with van der Waals surface area (Å²) in [4.78, 5) is 4.06. The molecule has 4 N–H and O–H groups in total. The molecule has 9 nitrogen and oxygen atoms in total. The van der Waals surface area contributed by atoms with Gasteiger partial charge in [0.2, 0.25) is 16.8 Å². The molecule has 0 bridgehead atoms. The summed E-state index contributed by atoms with van der Waals surface area (Å²) >= 11 is 0. The molecule has 0 saturated carbocycles. The van der Waals surface area contributed by atoms with E-state index in [0.717, 1.165) is 0 Å². The first-order valence-electron chi connectivity index (χ1n) is 8.70. The zero-order valence-electron chi connectivity index (χ0n) is 15.9. The van der Waals surface area contributed by atoms with E-state index >= 15 is 0 Å². The topological polar surface area (TPSA) is 124 Å². The number of alkyl halides is 2. The fraction of sp³-hybridized carbons (Fsp3) is 0.278. The number of benzene rings is 2. The third kappa shape index (κ3) is 5.48. The van der Waals surface area contributed by atoms with E-state index in [0.29, 0.717) is 28.6 Å². The molecule has 1 heterocycles. The van der Waals surface area contributed by atoms with E-state index in [1.54, 1.807) is 18.2 Å². The van der Waals surface area contributed by atoms with Crippen molar-refractivity contribution in [3.8, 4) is 17.2 Å². The Bertz CT molecular complexity index is 1050. The van der Waals surface area contributed by atoms with Crippen molar-refractivity contribution in [2.75, 3.05) is 13.8 Å². The van der Waals surface area contributed by atoms with E-state index in [9.17, 15) is 17.2 Å². The molecule has 1 aliphatic heterocycles. The van der Waals surface area contributed by atoms with Crippen LogP contribution < -0.4 is 30.0 Å². The highest BCUT2D eigenvalue weighted by Crippen LogP contribution is 2.38. The van der Waals surface area contributed by atoms with E-state index in [4.69, 9.17) is 14.6 Å². The van der Waals surface area contributed by atoms with Gasteiger partial charge in [0, 0.05) is 31.8 Å². The van der Waals surface area contributed by atoms with Gasteiger partial charge in [-0.15, -0.1) is 0 Å². The summed E-state index contributed by atoms with van der Waals surface area (Å²) < 4.78 is 63.4. The van der Waals surface area contributed by atoms with E-state index in [2.05, 4.69) is 20.4 Å². The van der Waals surface area contributed by atoms with Crippen molar-refractivity contribution < 1.29 is 31.4 Å². The van der Waals surface area contributed by atoms with Crippen LogP contribution in [0.15, 0.2) is 46.3 Å². The van der Waals surface area contributed by atoms with Gasteiger partial charge < -0.3 is 24.8 Å². The molecule has 0 aromatic heterocycles. The number of hydrogen-bond acceptors (Lipinski definition) is 6. The first-order valence-corrected chi connectivity index (χ1v) is 10.2. The third-order valence-corrected chi connectivity index (χ3v) is 5.04. The molecule has 0 atom stereocenters. The van der Waals surface area contributed by atoms with Crippen molar-refractivity contribution in [2.24, 2.45) is 10.1 Å². The number of hydrogen-bond donors (Lipinski definition) is 3. The predicted octanol–water partition coefficient (Wildman–Crippen LogP) is 1.53. The lowest BCUT2D eigenvalue weighted by Gasteiger charge is -2.15. The van der Waals surface area contributed by atoms with Gasteiger partial charge in [0.25, 0.3) is 0 Å². The number of halogens is 2. The van der Waals surface area contributed by atoms with Crippen molar-refractivity contribution in [2.45, 2.75) is 24.6 Å². The summed E-state index contributed by atoms with van der Waals surface area (Å²) in [5.74, 6) is 1.07. The van der Waals surface area contributed by atoms with Crippen LogP contribution in [0.25, 0.3) is 0 Å². The summed E-state index contributed by atoms with van der Waals surface area (Å²) in [5.41, 5.74) is 1.08. The Morgan fingerprint density at radius 2 is 1.90 bits per heavy atom. The monoisotopic (exact) mass is 442 g/mol. The van der Waals surface area contributed by atoms with Crippen molar-refractivity contribution in [3.63, 3.8) is 0 Å². The van der Waals surface area contributed by atoms with Crippen molar-refractivity contribution in [1.82, 2.24) is 10.6 Å². The molecular weight excluding hydrogens is 422 g/mol. The molecule has 2 aromatic carbocycles. The number of rotatable bonds is 7. The second-order valence-electron chi connectivity index (χ2n) is 6.16. The molecule has 0 unspecified atom stereocenters. The summed E-state index contributed by atoms with van der Waals surface area (Å²) in [6.45, 7) is -2.63. The molecule has 0 saturated heterocycles. The van der Waals surface area contributed by atoms with Gasteiger partial charge in [0.1, 0.15) is 5.75 Å². The first-order chi connectivity index (χ1) is 14.3. The van der Waals surface area contributed by atoms with Gasteiger partial charge >= 0.3 is 6.61 Å². The lowest BCUT2D eigenvalue weighted by molar-refractivity contribution is -0.0505. The SMILES string of the molecule is CN=C(NCc1cccc(S(N)(=O)=O)c1)NCc1cc2c(cc1OC(F)F)OCO2. The van der Waals surface area contributed by atoms with Gasteiger partial charge in [0.15, 0.2) is 17.5 Å². The minimum absolute atomic E-state index is 0.00102. The van der Waals surface area contributed by atoms with Crippen molar-refractivity contribution >= 4 is 16.0 Å². The van der Waals surface area contributed by atoms with E-state index in [-0.39, 0.29) is 30.5 Å². The van der Waals surface area contributed by atoms with Crippen LogP contribution in [0.1, 0.15) is 11.1 Å². The van der Waals surface area contributed by atoms with Crippen LogP contribution in [-0.2, 0) is 23.1 Å². The molecule has 0 spiro atoms. The van der Waals surface area contributed by atoms with Crippen LogP contribution in [0.3, 0.4) is 0 Å². The van der Waals surface area contributed by atoms with Crippen LogP contribution in [0.4, 0.5) is 8.78 Å². The van der Waals surface area contributed by atoms with Crippen LogP contribution >= 0.6 is 0 Å². The molecule has 30 heavy (non-hydrogen) atoms. The number of fused-ring (bicyclic) bond motifs is 1. The quantitative estimate of drug-likeness (QED) is 0.439. The second-order valence-corrected chi connectivity index (χ2v) is 7.72. The number of aliphatic imine (C=N–C) groups is 1. The first kappa shape index (κ1) is 21.6. The highest BCUT2D eigenvalue weighted by Gasteiger charge is 2.20. The maximum absolute atomic E-state index is 12.7. The van der Waals surface area contributed by atoms with E-state index in [1.807, 2.05) is 0 Å². The van der Waals surface area contributed by atoms with Crippen LogP contribution in [0.2, 0.25) is 0 Å². The van der Waals surface area contributed by atoms with Gasteiger partial charge in [-0.25, -0.2) is 13.6 Å². The maximum Gasteiger partial charge on any atom is 0.387 e. The van der Waals surface area contributed by atoms with E-state index < -0.39 is 16.6 Å². The Labute approximate surface area is 171 Å². The number of nitrogens with two attached hydrogens (primary N) is 1. The lowest BCUT2D eigenvalue weighted by Crippen LogP contribution is -2.36. The molecule has 2 aromatic rings. The Morgan fingerprint density at radius 3 is 2.57 bits per heavy atom. The summed E-state index contributed by atoms with van der Waals surface area (Å²) in [6, 6.07) is 9.05. The Kier molecular flexibility index (Phi) is 6.57. The number of ether oxygens (including phenoxy) is 3. The summed E-state index contributed by atoms with van der Waals surface area (Å²) in [5, 5.41) is 11.1. The van der Waals surface area contributed by atoms with Crippen LogP contribution in [0, 0.1) is 0 Å². The standard InChI is InChI=1S/C18H20F2N4O5S/c1-22-18(23-8-11-3-2-4-13(5-11)30(21,25)26)24-9-12-6-15-16(28-10-27-15)7-14(12)29-17(19)20/h2-7,17H,8-10H2,1H3,(H2,21,25,26)(H2,22,23,24). The van der Waals surface area contributed by atoms with Gasteiger partial charge in [-0.1, -0.05) is 12.1 Å². The number of nitrogens with one attached hydrogen (secondary N) is 2. The lowest BCUT2D eigenvalue weighted by atomic mass is 10.1.